The van der Waals surface area contributed by atoms with Crippen molar-refractivity contribution in [3.63, 3.8) is 0 Å². The Hall–Kier alpha value is -0.750. The predicted molar refractivity (Wildman–Crippen MR) is 76.5 cm³/mol. The summed E-state index contributed by atoms with van der Waals surface area (Å²) in [5.41, 5.74) is 5.86. The second-order valence-corrected chi connectivity index (χ2v) is 5.42. The molecule has 0 aliphatic rings. The van der Waals surface area contributed by atoms with Gasteiger partial charge < -0.3 is 15.5 Å². The van der Waals surface area contributed by atoms with Crippen molar-refractivity contribution in [1.29, 1.82) is 0 Å². The molecule has 2 N–H and O–H groups in total. The third-order valence-electron chi connectivity index (χ3n) is 2.58. The summed E-state index contributed by atoms with van der Waals surface area (Å²) in [7, 11) is 3.37. The maximum absolute atomic E-state index is 12.1. The molecule has 0 saturated heterocycles. The van der Waals surface area contributed by atoms with Gasteiger partial charge in [0, 0.05) is 20.6 Å². The number of amides is 2. The third-order valence-corrected chi connectivity index (χ3v) is 3.22. The molecule has 0 aliphatic carbocycles. The molecule has 0 rings (SSSR count). The summed E-state index contributed by atoms with van der Waals surface area (Å²) in [6.45, 7) is 2.67. The first-order valence-electron chi connectivity index (χ1n) is 6.17. The van der Waals surface area contributed by atoms with E-state index >= 15 is 0 Å². The zero-order valence-corrected chi connectivity index (χ0v) is 12.6. The molecule has 0 spiro atoms. The first-order valence-corrected chi connectivity index (χ1v) is 7.56. The summed E-state index contributed by atoms with van der Waals surface area (Å²) in [5.74, 6) is 0.657. The van der Waals surface area contributed by atoms with Crippen LogP contribution in [0.5, 0.6) is 0 Å². The molecule has 0 fully saturated rings. The number of nitrogens with zero attached hydrogens (tertiary/aromatic N) is 2. The zero-order chi connectivity index (χ0) is 14.1. The zero-order valence-electron chi connectivity index (χ0n) is 11.8. The van der Waals surface area contributed by atoms with E-state index in [1.807, 2.05) is 13.2 Å². The quantitative estimate of drug-likeness (QED) is 0.696. The Balaban J connectivity index is 4.47. The normalized spacial score (nSPS) is 12.1. The number of likely N-dealkylation sites (N-methyl/N-ethyl adjacent to an activating group) is 1. The highest BCUT2D eigenvalue weighted by Crippen LogP contribution is 2.04. The van der Waals surface area contributed by atoms with Gasteiger partial charge in [-0.3, -0.25) is 9.59 Å². The maximum Gasteiger partial charge on any atom is 0.241 e. The molecule has 0 aromatic heterocycles. The average molecular weight is 275 g/mol. The van der Waals surface area contributed by atoms with Gasteiger partial charge in [-0.1, -0.05) is 6.92 Å². The smallest absolute Gasteiger partial charge is 0.241 e. The monoisotopic (exact) mass is 275 g/mol. The van der Waals surface area contributed by atoms with Gasteiger partial charge in [-0.25, -0.2) is 0 Å². The molecule has 5 nitrogen and oxygen atoms in total. The average Bonchev–Trinajstić information content (AvgIpc) is 2.34. The van der Waals surface area contributed by atoms with E-state index in [1.165, 1.54) is 4.90 Å². The van der Waals surface area contributed by atoms with Gasteiger partial charge in [-0.2, -0.15) is 11.8 Å². The second-order valence-electron chi connectivity index (χ2n) is 4.44. The Morgan fingerprint density at radius 2 is 1.94 bits per heavy atom. The molecule has 2 amide bonds. The van der Waals surface area contributed by atoms with Crippen LogP contribution in [0.1, 0.15) is 19.8 Å². The Labute approximate surface area is 114 Å². The van der Waals surface area contributed by atoms with Crippen molar-refractivity contribution in [2.24, 2.45) is 5.73 Å². The van der Waals surface area contributed by atoms with Crippen LogP contribution in [0.4, 0.5) is 0 Å². The van der Waals surface area contributed by atoms with Crippen molar-refractivity contribution < 1.29 is 9.59 Å². The van der Waals surface area contributed by atoms with Crippen LogP contribution in [0.2, 0.25) is 0 Å². The van der Waals surface area contributed by atoms with Gasteiger partial charge in [0.25, 0.3) is 0 Å². The molecule has 6 heteroatoms. The van der Waals surface area contributed by atoms with E-state index in [4.69, 9.17) is 5.73 Å². The van der Waals surface area contributed by atoms with Crippen molar-refractivity contribution in [1.82, 2.24) is 9.80 Å². The molecule has 0 aromatic carbocycles. The SMILES string of the molecule is CCCN(CC(=O)N(C)C)C(=O)[C@@H](N)CCSC. The van der Waals surface area contributed by atoms with Crippen LogP contribution in [-0.2, 0) is 9.59 Å². The summed E-state index contributed by atoms with van der Waals surface area (Å²) in [4.78, 5) is 26.8. The lowest BCUT2D eigenvalue weighted by atomic mass is 10.2. The number of carbonyl (C=O) groups is 2. The first-order chi connectivity index (χ1) is 8.43. The van der Waals surface area contributed by atoms with E-state index in [0.29, 0.717) is 13.0 Å². The van der Waals surface area contributed by atoms with Gasteiger partial charge in [-0.15, -0.1) is 0 Å². The minimum Gasteiger partial charge on any atom is -0.347 e. The Morgan fingerprint density at radius 1 is 1.33 bits per heavy atom. The fourth-order valence-corrected chi connectivity index (χ4v) is 1.93. The fourth-order valence-electron chi connectivity index (χ4n) is 1.44. The second kappa shape index (κ2) is 9.22. The summed E-state index contributed by atoms with van der Waals surface area (Å²) >= 11 is 1.67. The van der Waals surface area contributed by atoms with E-state index in [2.05, 4.69) is 0 Å². The minimum absolute atomic E-state index is 0.0751. The van der Waals surface area contributed by atoms with Crippen molar-refractivity contribution >= 4 is 23.6 Å². The standard InChI is InChI=1S/C12H25N3O2S/c1-5-7-15(9-11(16)14(2)3)12(17)10(13)6-8-18-4/h10H,5-9,13H2,1-4H3/t10-/m0/s1. The van der Waals surface area contributed by atoms with E-state index in [-0.39, 0.29) is 18.4 Å². The highest BCUT2D eigenvalue weighted by atomic mass is 32.2. The molecule has 0 heterocycles. The van der Waals surface area contributed by atoms with Crippen LogP contribution in [0.25, 0.3) is 0 Å². The molecule has 0 aromatic rings. The van der Waals surface area contributed by atoms with Crippen molar-refractivity contribution in [2.45, 2.75) is 25.8 Å². The highest BCUT2D eigenvalue weighted by molar-refractivity contribution is 7.98. The highest BCUT2D eigenvalue weighted by Gasteiger charge is 2.22. The molecular formula is C12H25N3O2S. The van der Waals surface area contributed by atoms with E-state index in [1.54, 1.807) is 30.8 Å². The number of rotatable bonds is 8. The predicted octanol–water partition coefficient (Wildman–Crippen LogP) is 0.394. The molecular weight excluding hydrogens is 250 g/mol. The molecule has 18 heavy (non-hydrogen) atoms. The van der Waals surface area contributed by atoms with Crippen LogP contribution in [0.3, 0.4) is 0 Å². The van der Waals surface area contributed by atoms with Crippen LogP contribution in [-0.4, -0.2) is 66.8 Å². The molecule has 0 unspecified atom stereocenters. The Morgan fingerprint density at radius 3 is 2.39 bits per heavy atom. The summed E-state index contributed by atoms with van der Waals surface area (Å²) in [6.07, 6.45) is 3.45. The molecule has 1 atom stereocenters. The molecule has 0 bridgehead atoms. The van der Waals surface area contributed by atoms with Gasteiger partial charge in [0.15, 0.2) is 0 Å². The van der Waals surface area contributed by atoms with Gasteiger partial charge in [0.1, 0.15) is 0 Å². The summed E-state index contributed by atoms with van der Waals surface area (Å²) in [5, 5.41) is 0. The Bertz CT molecular complexity index is 272. The largest absolute Gasteiger partial charge is 0.347 e. The van der Waals surface area contributed by atoms with Gasteiger partial charge >= 0.3 is 0 Å². The minimum atomic E-state index is -0.501. The summed E-state index contributed by atoms with van der Waals surface area (Å²) < 4.78 is 0. The van der Waals surface area contributed by atoms with Crippen LogP contribution < -0.4 is 5.73 Å². The lowest BCUT2D eigenvalue weighted by Gasteiger charge is -2.26. The maximum atomic E-state index is 12.1. The number of hydrogen-bond acceptors (Lipinski definition) is 4. The molecule has 0 aliphatic heterocycles. The lowest BCUT2D eigenvalue weighted by Crippen LogP contribution is -2.48. The number of carbonyl (C=O) groups excluding carboxylic acids is 2. The fraction of sp³-hybridized carbons (Fsp3) is 0.833. The number of nitrogens with two attached hydrogens (primary N) is 1. The third kappa shape index (κ3) is 6.26. The van der Waals surface area contributed by atoms with Crippen molar-refractivity contribution in [3.8, 4) is 0 Å². The van der Waals surface area contributed by atoms with E-state index in [0.717, 1.165) is 12.2 Å². The van der Waals surface area contributed by atoms with E-state index in [9.17, 15) is 9.59 Å². The number of thioether (sulfide) groups is 1. The molecule has 0 saturated carbocycles. The van der Waals surface area contributed by atoms with Crippen LogP contribution in [0, 0.1) is 0 Å². The van der Waals surface area contributed by atoms with Gasteiger partial charge in [-0.05, 0) is 24.9 Å². The summed E-state index contributed by atoms with van der Waals surface area (Å²) in [6, 6.07) is -0.501. The van der Waals surface area contributed by atoms with Crippen molar-refractivity contribution in [2.75, 3.05) is 39.2 Å². The first kappa shape index (κ1) is 17.2. The topological polar surface area (TPSA) is 66.6 Å². The van der Waals surface area contributed by atoms with Crippen LogP contribution >= 0.6 is 11.8 Å². The molecule has 0 radical (unpaired) electrons. The van der Waals surface area contributed by atoms with Crippen LogP contribution in [0.15, 0.2) is 0 Å². The van der Waals surface area contributed by atoms with E-state index < -0.39 is 6.04 Å². The van der Waals surface area contributed by atoms with Gasteiger partial charge in [0.2, 0.25) is 11.8 Å². The van der Waals surface area contributed by atoms with Gasteiger partial charge in [0.05, 0.1) is 12.6 Å². The Kier molecular flexibility index (Phi) is 8.83. The van der Waals surface area contributed by atoms with Crippen molar-refractivity contribution in [3.05, 3.63) is 0 Å². The number of hydrogen-bond donors (Lipinski definition) is 1. The molecule has 106 valence electrons. The lowest BCUT2D eigenvalue weighted by molar-refractivity contribution is -0.140.